The maximum atomic E-state index is 13.2. The maximum absolute atomic E-state index is 13.2. The summed E-state index contributed by atoms with van der Waals surface area (Å²) in [5.74, 6) is -2.75. The molecule has 1 atom stereocenters. The monoisotopic (exact) mass is 337 g/mol. The Morgan fingerprint density at radius 1 is 1.33 bits per heavy atom. The Balaban J connectivity index is 0.000000307. The number of nitrogens with two attached hydrogens (primary N) is 1. The van der Waals surface area contributed by atoms with Crippen molar-refractivity contribution in [3.8, 4) is 0 Å². The molecule has 0 saturated carbocycles. The van der Waals surface area contributed by atoms with Crippen molar-refractivity contribution in [1.29, 1.82) is 0 Å². The summed E-state index contributed by atoms with van der Waals surface area (Å²) in [6, 6.07) is 4.79. The van der Waals surface area contributed by atoms with Crippen molar-refractivity contribution in [3.05, 3.63) is 41.9 Å². The van der Waals surface area contributed by atoms with Crippen LogP contribution < -0.4 is 5.73 Å². The van der Waals surface area contributed by atoms with Crippen molar-refractivity contribution in [1.82, 2.24) is 9.78 Å². The number of hydrogen-bond acceptors (Lipinski definition) is 4. The number of fused-ring (bicyclic) bond motifs is 1. The third-order valence-corrected chi connectivity index (χ3v) is 2.95. The summed E-state index contributed by atoms with van der Waals surface area (Å²) in [5.41, 5.74) is 7.57. The van der Waals surface area contributed by atoms with E-state index in [1.54, 1.807) is 10.7 Å². The van der Waals surface area contributed by atoms with Crippen LogP contribution in [0.5, 0.6) is 0 Å². The molecular formula is C16H20FN3O4. The molecule has 8 heteroatoms. The molecule has 2 rings (SSSR count). The van der Waals surface area contributed by atoms with E-state index < -0.39 is 11.9 Å². The lowest BCUT2D eigenvalue weighted by molar-refractivity contribution is -0.134. The van der Waals surface area contributed by atoms with E-state index in [-0.39, 0.29) is 11.9 Å². The molecule has 0 radical (unpaired) electrons. The number of carbonyl (C=O) groups is 2. The number of carboxylic acid groups (broad SMARTS) is 2. The summed E-state index contributed by atoms with van der Waals surface area (Å²) < 4.78 is 15.0. The predicted molar refractivity (Wildman–Crippen MR) is 87.1 cm³/mol. The van der Waals surface area contributed by atoms with E-state index in [2.05, 4.69) is 5.10 Å². The van der Waals surface area contributed by atoms with Gasteiger partial charge in [-0.1, -0.05) is 6.92 Å². The number of nitrogens with zero attached hydrogens (tertiary/aromatic N) is 2. The average molecular weight is 337 g/mol. The molecule has 130 valence electrons. The standard InChI is InChI=1S/C12H16FN3.C4H4O4/c1-3-11-10-5-4-9(13)6-12(10)16(15-11)7-8(2)14;5-3(6)1-2-4(7)8/h4-6,8H,3,7,14H2,1-2H3;1-2H,(H,5,6)(H,7,8)/b;2-1+/t8-;/m0./s1. The van der Waals surface area contributed by atoms with E-state index in [1.807, 2.05) is 13.8 Å². The van der Waals surface area contributed by atoms with Crippen molar-refractivity contribution < 1.29 is 24.2 Å². The summed E-state index contributed by atoms with van der Waals surface area (Å²) in [6.07, 6.45) is 1.96. The highest BCUT2D eigenvalue weighted by molar-refractivity contribution is 5.89. The zero-order valence-corrected chi connectivity index (χ0v) is 13.4. The van der Waals surface area contributed by atoms with Crippen molar-refractivity contribution in [2.24, 2.45) is 5.73 Å². The number of hydrogen-bond donors (Lipinski definition) is 3. The van der Waals surface area contributed by atoms with Crippen molar-refractivity contribution in [3.63, 3.8) is 0 Å². The zero-order chi connectivity index (χ0) is 18.3. The molecule has 0 aliphatic heterocycles. The molecule has 0 amide bonds. The second-order valence-electron chi connectivity index (χ2n) is 5.13. The van der Waals surface area contributed by atoms with E-state index in [4.69, 9.17) is 15.9 Å². The summed E-state index contributed by atoms with van der Waals surface area (Å²) >= 11 is 0. The SMILES string of the molecule is CCc1nn(C[C@H](C)N)c2cc(F)ccc12.O=C(O)/C=C/C(=O)O. The molecule has 0 aliphatic rings. The lowest BCUT2D eigenvalue weighted by Gasteiger charge is -2.06. The Morgan fingerprint density at radius 2 is 1.92 bits per heavy atom. The van der Waals surface area contributed by atoms with E-state index in [0.29, 0.717) is 18.7 Å². The molecule has 2 aromatic rings. The smallest absolute Gasteiger partial charge is 0.328 e. The van der Waals surface area contributed by atoms with Gasteiger partial charge < -0.3 is 15.9 Å². The number of aliphatic carboxylic acids is 2. The third kappa shape index (κ3) is 5.81. The number of aryl methyl sites for hydroxylation is 1. The van der Waals surface area contributed by atoms with Crippen LogP contribution in [0.3, 0.4) is 0 Å². The summed E-state index contributed by atoms with van der Waals surface area (Å²) in [4.78, 5) is 19.1. The van der Waals surface area contributed by atoms with Gasteiger partial charge in [0.1, 0.15) is 5.82 Å². The first-order valence-electron chi connectivity index (χ1n) is 7.29. The fourth-order valence-electron chi connectivity index (χ4n) is 2.03. The number of rotatable bonds is 5. The lowest BCUT2D eigenvalue weighted by Crippen LogP contribution is -2.22. The first-order chi connectivity index (χ1) is 11.2. The average Bonchev–Trinajstić information content (AvgIpc) is 2.82. The molecule has 0 saturated heterocycles. The molecule has 24 heavy (non-hydrogen) atoms. The topological polar surface area (TPSA) is 118 Å². The molecule has 4 N–H and O–H groups in total. The van der Waals surface area contributed by atoms with Crippen molar-refractivity contribution in [2.75, 3.05) is 0 Å². The molecule has 1 aromatic heterocycles. The van der Waals surface area contributed by atoms with E-state index >= 15 is 0 Å². The third-order valence-electron chi connectivity index (χ3n) is 2.95. The minimum absolute atomic E-state index is 0.0103. The first-order valence-corrected chi connectivity index (χ1v) is 7.29. The van der Waals surface area contributed by atoms with Crippen LogP contribution in [0.4, 0.5) is 4.39 Å². The fraction of sp³-hybridized carbons (Fsp3) is 0.312. The quantitative estimate of drug-likeness (QED) is 0.716. The Morgan fingerprint density at radius 3 is 2.38 bits per heavy atom. The number of benzene rings is 1. The number of aromatic nitrogens is 2. The highest BCUT2D eigenvalue weighted by atomic mass is 19.1. The minimum Gasteiger partial charge on any atom is -0.478 e. The fourth-order valence-corrected chi connectivity index (χ4v) is 2.03. The molecule has 1 heterocycles. The van der Waals surface area contributed by atoms with Crippen molar-refractivity contribution in [2.45, 2.75) is 32.9 Å². The molecule has 0 aliphatic carbocycles. The van der Waals surface area contributed by atoms with Gasteiger partial charge in [0.15, 0.2) is 0 Å². The predicted octanol–water partition coefficient (Wildman–Crippen LogP) is 1.80. The van der Waals surface area contributed by atoms with Crippen LogP contribution >= 0.6 is 0 Å². The van der Waals surface area contributed by atoms with Crippen LogP contribution in [0.2, 0.25) is 0 Å². The summed E-state index contributed by atoms with van der Waals surface area (Å²) in [7, 11) is 0. The summed E-state index contributed by atoms with van der Waals surface area (Å²) in [5, 5.41) is 21.1. The minimum atomic E-state index is -1.26. The molecule has 0 spiro atoms. The van der Waals surface area contributed by atoms with Gasteiger partial charge in [0, 0.05) is 23.6 Å². The van der Waals surface area contributed by atoms with Gasteiger partial charge in [-0.25, -0.2) is 14.0 Å². The van der Waals surface area contributed by atoms with Crippen LogP contribution in [0.25, 0.3) is 10.9 Å². The normalized spacial score (nSPS) is 12.0. The molecule has 0 bridgehead atoms. The van der Waals surface area contributed by atoms with Gasteiger partial charge in [-0.3, -0.25) is 4.68 Å². The van der Waals surface area contributed by atoms with E-state index in [9.17, 15) is 14.0 Å². The van der Waals surface area contributed by atoms with Crippen LogP contribution in [0.15, 0.2) is 30.4 Å². The maximum Gasteiger partial charge on any atom is 0.328 e. The Bertz CT molecular complexity index is 737. The van der Waals surface area contributed by atoms with Gasteiger partial charge in [0.05, 0.1) is 17.8 Å². The number of carboxylic acids is 2. The highest BCUT2D eigenvalue weighted by Crippen LogP contribution is 2.20. The van der Waals surface area contributed by atoms with Crippen LogP contribution in [0, 0.1) is 5.82 Å². The van der Waals surface area contributed by atoms with Crippen LogP contribution in [0.1, 0.15) is 19.5 Å². The first kappa shape index (κ1) is 19.3. The highest BCUT2D eigenvalue weighted by Gasteiger charge is 2.10. The molecule has 0 unspecified atom stereocenters. The molecule has 7 nitrogen and oxygen atoms in total. The lowest BCUT2D eigenvalue weighted by atomic mass is 10.2. The van der Waals surface area contributed by atoms with E-state index in [0.717, 1.165) is 23.0 Å². The largest absolute Gasteiger partial charge is 0.478 e. The van der Waals surface area contributed by atoms with Gasteiger partial charge in [-0.2, -0.15) is 5.10 Å². The number of halogens is 1. The second kappa shape index (κ2) is 8.78. The summed E-state index contributed by atoms with van der Waals surface area (Å²) in [6.45, 7) is 4.57. The Labute approximate surface area is 138 Å². The van der Waals surface area contributed by atoms with Gasteiger partial charge in [-0.15, -0.1) is 0 Å². The molecule has 1 aromatic carbocycles. The Kier molecular flexibility index (Phi) is 7.06. The van der Waals surface area contributed by atoms with E-state index in [1.165, 1.54) is 12.1 Å². The van der Waals surface area contributed by atoms with Gasteiger partial charge in [-0.05, 0) is 31.5 Å². The van der Waals surface area contributed by atoms with Gasteiger partial charge in [0.25, 0.3) is 0 Å². The zero-order valence-electron chi connectivity index (χ0n) is 13.4. The van der Waals surface area contributed by atoms with Gasteiger partial charge in [0.2, 0.25) is 0 Å². The van der Waals surface area contributed by atoms with Gasteiger partial charge >= 0.3 is 11.9 Å². The van der Waals surface area contributed by atoms with Crippen LogP contribution in [-0.4, -0.2) is 38.0 Å². The second-order valence-corrected chi connectivity index (χ2v) is 5.13. The van der Waals surface area contributed by atoms with Crippen LogP contribution in [-0.2, 0) is 22.6 Å². The molecular weight excluding hydrogens is 317 g/mol. The molecule has 0 fully saturated rings. The van der Waals surface area contributed by atoms with Crippen molar-refractivity contribution >= 4 is 22.8 Å². The Hall–Kier alpha value is -2.74.